The van der Waals surface area contributed by atoms with Crippen molar-refractivity contribution in [2.75, 3.05) is 26.0 Å². The molecule has 1 aliphatic rings. The monoisotopic (exact) mass is 369 g/mol. The van der Waals surface area contributed by atoms with Crippen LogP contribution in [0.4, 0.5) is 0 Å². The summed E-state index contributed by atoms with van der Waals surface area (Å²) < 4.78 is 28.9. The highest BCUT2D eigenvalue weighted by atomic mass is 32.2. The number of nitrogens with zero attached hydrogens (tertiary/aromatic N) is 1. The van der Waals surface area contributed by atoms with E-state index in [1.165, 1.54) is 12.1 Å². The highest BCUT2D eigenvalue weighted by Gasteiger charge is 2.28. The first kappa shape index (κ1) is 19.4. The minimum atomic E-state index is -3.44. The number of ether oxygens (including phenoxy) is 1. The molecule has 7 nitrogen and oxygen atoms in total. The summed E-state index contributed by atoms with van der Waals surface area (Å²) in [6.45, 7) is 2.85. The van der Waals surface area contributed by atoms with Crippen LogP contribution >= 0.6 is 0 Å². The highest BCUT2D eigenvalue weighted by Crippen LogP contribution is 2.22. The van der Waals surface area contributed by atoms with E-state index in [4.69, 9.17) is 9.84 Å². The van der Waals surface area contributed by atoms with Gasteiger partial charge in [0, 0.05) is 37.6 Å². The number of carbonyl (C=O) groups excluding carboxylic acids is 1. The van der Waals surface area contributed by atoms with Gasteiger partial charge in [-0.1, -0.05) is 6.07 Å². The maximum Gasteiger partial charge on any atom is 0.305 e. The number of carboxylic acid groups (broad SMARTS) is 1. The summed E-state index contributed by atoms with van der Waals surface area (Å²) in [6, 6.07) is 4.34. The van der Waals surface area contributed by atoms with Crippen LogP contribution in [0.25, 0.3) is 0 Å². The quantitative estimate of drug-likeness (QED) is 0.815. The van der Waals surface area contributed by atoms with Crippen molar-refractivity contribution < 1.29 is 27.9 Å². The van der Waals surface area contributed by atoms with Crippen LogP contribution in [0.5, 0.6) is 0 Å². The number of carbonyl (C=O) groups is 2. The fourth-order valence-corrected chi connectivity index (χ4v) is 3.53. The van der Waals surface area contributed by atoms with Gasteiger partial charge in [-0.15, -0.1) is 0 Å². The molecule has 1 aromatic rings. The van der Waals surface area contributed by atoms with Gasteiger partial charge in [-0.3, -0.25) is 9.59 Å². The van der Waals surface area contributed by atoms with Crippen molar-refractivity contribution in [1.82, 2.24) is 4.90 Å². The topological polar surface area (TPSA) is 101 Å². The molecule has 138 valence electrons. The molecule has 1 fully saturated rings. The van der Waals surface area contributed by atoms with Crippen molar-refractivity contribution in [1.29, 1.82) is 0 Å². The second-order valence-corrected chi connectivity index (χ2v) is 8.25. The second-order valence-electron chi connectivity index (χ2n) is 6.23. The molecule has 1 aliphatic heterocycles. The lowest BCUT2D eigenvalue weighted by Gasteiger charge is -2.34. The van der Waals surface area contributed by atoms with Crippen molar-refractivity contribution >= 4 is 21.7 Å². The van der Waals surface area contributed by atoms with Crippen LogP contribution in [-0.4, -0.2) is 62.4 Å². The van der Waals surface area contributed by atoms with Crippen LogP contribution in [0.1, 0.15) is 35.2 Å². The number of aryl methyl sites for hydroxylation is 1. The standard InChI is InChI=1S/C17H23NO6S/c1-12-3-4-14(25(2,22)23)11-15(12)17(21)18(8-5-16(19)20)13-6-9-24-10-7-13/h3-4,11,13H,5-10H2,1-2H3,(H,19,20). The fourth-order valence-electron chi connectivity index (χ4n) is 2.88. The summed E-state index contributed by atoms with van der Waals surface area (Å²) in [6.07, 6.45) is 2.20. The first-order chi connectivity index (χ1) is 11.7. The highest BCUT2D eigenvalue weighted by molar-refractivity contribution is 7.90. The molecule has 0 atom stereocenters. The molecular weight excluding hydrogens is 346 g/mol. The third kappa shape index (κ3) is 5.02. The first-order valence-corrected chi connectivity index (χ1v) is 10.0. The Hall–Kier alpha value is -1.93. The maximum absolute atomic E-state index is 13.1. The predicted octanol–water partition coefficient (Wildman–Crippen LogP) is 1.49. The largest absolute Gasteiger partial charge is 0.481 e. The number of hydrogen-bond donors (Lipinski definition) is 1. The van der Waals surface area contributed by atoms with Crippen LogP contribution in [0.2, 0.25) is 0 Å². The zero-order valence-electron chi connectivity index (χ0n) is 14.4. The Labute approximate surface area is 147 Å². The van der Waals surface area contributed by atoms with Gasteiger partial charge in [0.25, 0.3) is 5.91 Å². The molecule has 1 aromatic carbocycles. The molecule has 2 rings (SSSR count). The molecule has 0 aromatic heterocycles. The summed E-state index contributed by atoms with van der Waals surface area (Å²) in [5, 5.41) is 8.98. The van der Waals surface area contributed by atoms with E-state index < -0.39 is 15.8 Å². The maximum atomic E-state index is 13.1. The van der Waals surface area contributed by atoms with Crippen molar-refractivity contribution in [3.8, 4) is 0 Å². The normalized spacial score (nSPS) is 15.8. The Morgan fingerprint density at radius 2 is 1.92 bits per heavy atom. The fraction of sp³-hybridized carbons (Fsp3) is 0.529. The SMILES string of the molecule is Cc1ccc(S(C)(=O)=O)cc1C(=O)N(CCC(=O)O)C1CCOCC1. The zero-order chi connectivity index (χ0) is 18.6. The van der Waals surface area contributed by atoms with E-state index in [9.17, 15) is 18.0 Å². The number of aliphatic carboxylic acids is 1. The van der Waals surface area contributed by atoms with Gasteiger partial charge in [0.2, 0.25) is 0 Å². The van der Waals surface area contributed by atoms with Gasteiger partial charge in [-0.25, -0.2) is 8.42 Å². The van der Waals surface area contributed by atoms with Gasteiger partial charge in [-0.05, 0) is 37.5 Å². The van der Waals surface area contributed by atoms with E-state index in [1.807, 2.05) is 0 Å². The molecule has 1 saturated heterocycles. The van der Waals surface area contributed by atoms with E-state index in [0.717, 1.165) is 6.26 Å². The average molecular weight is 369 g/mol. The van der Waals surface area contributed by atoms with Gasteiger partial charge < -0.3 is 14.7 Å². The molecule has 8 heteroatoms. The second kappa shape index (κ2) is 7.97. The molecule has 0 unspecified atom stereocenters. The summed E-state index contributed by atoms with van der Waals surface area (Å²) in [5.41, 5.74) is 0.949. The Kier molecular flexibility index (Phi) is 6.18. The average Bonchev–Trinajstić information content (AvgIpc) is 2.55. The molecule has 1 heterocycles. The van der Waals surface area contributed by atoms with Crippen LogP contribution in [0, 0.1) is 6.92 Å². The summed E-state index contributed by atoms with van der Waals surface area (Å²) in [7, 11) is -3.44. The lowest BCUT2D eigenvalue weighted by Crippen LogP contribution is -2.44. The van der Waals surface area contributed by atoms with E-state index in [1.54, 1.807) is 17.9 Å². The Morgan fingerprint density at radius 3 is 2.48 bits per heavy atom. The van der Waals surface area contributed by atoms with Gasteiger partial charge in [-0.2, -0.15) is 0 Å². The van der Waals surface area contributed by atoms with Gasteiger partial charge in [0.05, 0.1) is 11.3 Å². The molecule has 1 amide bonds. The van der Waals surface area contributed by atoms with Crippen LogP contribution < -0.4 is 0 Å². The Balaban J connectivity index is 2.36. The van der Waals surface area contributed by atoms with Crippen molar-refractivity contribution in [3.63, 3.8) is 0 Å². The molecule has 1 N–H and O–H groups in total. The van der Waals surface area contributed by atoms with Crippen LogP contribution in [0.3, 0.4) is 0 Å². The van der Waals surface area contributed by atoms with Crippen molar-refractivity contribution in [3.05, 3.63) is 29.3 Å². The number of benzene rings is 1. The minimum Gasteiger partial charge on any atom is -0.481 e. The molecule has 0 aliphatic carbocycles. The van der Waals surface area contributed by atoms with Crippen molar-refractivity contribution in [2.24, 2.45) is 0 Å². The third-order valence-electron chi connectivity index (χ3n) is 4.33. The van der Waals surface area contributed by atoms with Gasteiger partial charge >= 0.3 is 5.97 Å². The van der Waals surface area contributed by atoms with E-state index >= 15 is 0 Å². The molecule has 0 bridgehead atoms. The van der Waals surface area contributed by atoms with E-state index in [0.29, 0.717) is 37.2 Å². The predicted molar refractivity (Wildman–Crippen MR) is 91.4 cm³/mol. The smallest absolute Gasteiger partial charge is 0.305 e. The molecule has 0 spiro atoms. The van der Waals surface area contributed by atoms with Crippen LogP contribution in [-0.2, 0) is 19.4 Å². The minimum absolute atomic E-state index is 0.0756. The number of amides is 1. The summed E-state index contributed by atoms with van der Waals surface area (Å²) >= 11 is 0. The number of hydrogen-bond acceptors (Lipinski definition) is 5. The van der Waals surface area contributed by atoms with Gasteiger partial charge in [0.1, 0.15) is 0 Å². The molecular formula is C17H23NO6S. The first-order valence-electron chi connectivity index (χ1n) is 8.11. The number of carboxylic acids is 1. The van der Waals surface area contributed by atoms with Gasteiger partial charge in [0.15, 0.2) is 9.84 Å². The van der Waals surface area contributed by atoms with Crippen LogP contribution in [0.15, 0.2) is 23.1 Å². The lowest BCUT2D eigenvalue weighted by molar-refractivity contribution is -0.137. The number of sulfone groups is 1. The van der Waals surface area contributed by atoms with Crippen molar-refractivity contribution in [2.45, 2.75) is 37.1 Å². The third-order valence-corrected chi connectivity index (χ3v) is 5.44. The van der Waals surface area contributed by atoms with E-state index in [-0.39, 0.29) is 29.8 Å². The lowest BCUT2D eigenvalue weighted by atomic mass is 10.0. The molecule has 0 saturated carbocycles. The zero-order valence-corrected chi connectivity index (χ0v) is 15.2. The summed E-state index contributed by atoms with van der Waals surface area (Å²) in [5.74, 6) is -1.32. The Morgan fingerprint density at radius 1 is 1.28 bits per heavy atom. The number of rotatable bonds is 6. The van der Waals surface area contributed by atoms with E-state index in [2.05, 4.69) is 0 Å². The summed E-state index contributed by atoms with van der Waals surface area (Å²) in [4.78, 5) is 25.6. The Bertz CT molecular complexity index is 752. The molecule has 25 heavy (non-hydrogen) atoms. The molecule has 0 radical (unpaired) electrons.